The number of aromatic nitrogens is 2. The van der Waals surface area contributed by atoms with Crippen LogP contribution in [0.2, 0.25) is 0 Å². The molecule has 0 bridgehead atoms. The highest BCUT2D eigenvalue weighted by Crippen LogP contribution is 2.29. The van der Waals surface area contributed by atoms with E-state index in [9.17, 15) is 14.8 Å². The highest BCUT2D eigenvalue weighted by Gasteiger charge is 2.24. The summed E-state index contributed by atoms with van der Waals surface area (Å²) in [6, 6.07) is 8.94. The number of benzene rings is 1. The zero-order chi connectivity index (χ0) is 21.0. The molecule has 152 valence electrons. The number of nitrogens with zero attached hydrogens (tertiary/aromatic N) is 2. The van der Waals surface area contributed by atoms with Crippen molar-refractivity contribution in [1.29, 1.82) is 0 Å². The molecule has 29 heavy (non-hydrogen) atoms. The van der Waals surface area contributed by atoms with Crippen LogP contribution in [-0.4, -0.2) is 25.6 Å². The van der Waals surface area contributed by atoms with Crippen LogP contribution in [0.3, 0.4) is 0 Å². The number of amidine groups is 1. The number of rotatable bonds is 7. The fourth-order valence-electron chi connectivity index (χ4n) is 2.83. The van der Waals surface area contributed by atoms with Gasteiger partial charge in [0.1, 0.15) is 11.4 Å². The Morgan fingerprint density at radius 2 is 2.10 bits per heavy atom. The molecule has 1 atom stereocenters. The number of nitrogens with one attached hydrogen (secondary N) is 1. The van der Waals surface area contributed by atoms with E-state index in [1.54, 1.807) is 24.3 Å². The second-order valence-corrected chi connectivity index (χ2v) is 8.53. The van der Waals surface area contributed by atoms with Crippen molar-refractivity contribution in [1.82, 2.24) is 9.78 Å². The summed E-state index contributed by atoms with van der Waals surface area (Å²) in [5.41, 5.74) is 7.35. The minimum atomic E-state index is -0.462. The van der Waals surface area contributed by atoms with Gasteiger partial charge in [-0.2, -0.15) is 16.4 Å². The molecule has 0 amide bonds. The number of hydrogen-bond acceptors (Lipinski definition) is 5. The van der Waals surface area contributed by atoms with Gasteiger partial charge in [-0.3, -0.25) is 10.5 Å². The molecule has 3 aromatic rings. The quantitative estimate of drug-likeness (QED) is 0.254. The van der Waals surface area contributed by atoms with E-state index >= 15 is 0 Å². The minimum absolute atomic E-state index is 0.00961. The van der Waals surface area contributed by atoms with Gasteiger partial charge < -0.3 is 10.00 Å². The van der Waals surface area contributed by atoms with Gasteiger partial charge in [-0.1, -0.05) is 26.0 Å². The first kappa shape index (κ1) is 21.2. The fraction of sp³-hybridized carbons (Fsp3) is 0.250. The second kappa shape index (κ2) is 9.31. The monoisotopic (exact) mass is 431 g/mol. The molecule has 0 radical (unpaired) electrons. The molecule has 5 N–H and O–H groups in total. The Morgan fingerprint density at radius 3 is 2.76 bits per heavy atom. The Labute approximate surface area is 174 Å². The first-order valence-electron chi connectivity index (χ1n) is 9.18. The number of thiophene rings is 1. The van der Waals surface area contributed by atoms with Gasteiger partial charge in [0.2, 0.25) is 0 Å². The molecular formula is C20H24N4O3PS+. The van der Waals surface area contributed by atoms with Gasteiger partial charge in [0.05, 0.1) is 0 Å². The lowest BCUT2D eigenvalue weighted by molar-refractivity contribution is -0.352. The Balaban J connectivity index is 2.18. The highest BCUT2D eigenvalue weighted by molar-refractivity contribution is 7.41. The summed E-state index contributed by atoms with van der Waals surface area (Å²) >= 11 is 1.47. The molecule has 7 nitrogen and oxygen atoms in total. The molecule has 1 aromatic carbocycles. The molecule has 2 heterocycles. The van der Waals surface area contributed by atoms with Crippen LogP contribution < -0.4 is 21.6 Å². The van der Waals surface area contributed by atoms with Gasteiger partial charge in [-0.05, 0) is 35.9 Å². The summed E-state index contributed by atoms with van der Waals surface area (Å²) < 4.78 is 1.36. The molecule has 9 heteroatoms. The molecule has 0 fully saturated rings. The summed E-state index contributed by atoms with van der Waals surface area (Å²) in [7, 11) is -0.433. The Kier molecular flexibility index (Phi) is 6.79. The largest absolute Gasteiger partial charge is 0.505 e. The van der Waals surface area contributed by atoms with Crippen LogP contribution in [0.1, 0.15) is 25.8 Å². The number of aryl methyl sites for hydroxylation is 1. The van der Waals surface area contributed by atoms with Crippen molar-refractivity contribution in [2.45, 2.75) is 26.8 Å². The molecule has 2 aromatic heterocycles. The normalized spacial score (nSPS) is 12.3. The van der Waals surface area contributed by atoms with Gasteiger partial charge in [0, 0.05) is 31.6 Å². The van der Waals surface area contributed by atoms with Crippen molar-refractivity contribution >= 4 is 37.0 Å². The van der Waals surface area contributed by atoms with Gasteiger partial charge in [0.25, 0.3) is 11.4 Å². The summed E-state index contributed by atoms with van der Waals surface area (Å²) in [5, 5.41) is 19.6. The molecule has 0 saturated carbocycles. The maximum absolute atomic E-state index is 13.1. The predicted molar refractivity (Wildman–Crippen MR) is 118 cm³/mol. The van der Waals surface area contributed by atoms with E-state index in [1.807, 2.05) is 16.8 Å². The number of aromatic hydroxyl groups is 1. The van der Waals surface area contributed by atoms with Crippen molar-refractivity contribution in [3.8, 4) is 17.0 Å². The summed E-state index contributed by atoms with van der Waals surface area (Å²) in [6.07, 6.45) is 0.766. The molecule has 3 rings (SSSR count). The average Bonchev–Trinajstić information content (AvgIpc) is 3.22. The van der Waals surface area contributed by atoms with Crippen molar-refractivity contribution in [3.63, 3.8) is 0 Å². The van der Waals surface area contributed by atoms with E-state index in [-0.39, 0.29) is 17.1 Å². The van der Waals surface area contributed by atoms with Crippen molar-refractivity contribution in [3.05, 3.63) is 57.0 Å². The van der Waals surface area contributed by atoms with E-state index in [2.05, 4.69) is 23.9 Å². The van der Waals surface area contributed by atoms with Gasteiger partial charge in [-0.25, -0.2) is 9.67 Å². The summed E-state index contributed by atoms with van der Waals surface area (Å²) in [5.74, 6) is 0.140. The lowest BCUT2D eigenvalue weighted by atomic mass is 10.1. The molecule has 0 saturated heterocycles. The number of para-hydroxylation sites is 1. The third-order valence-electron chi connectivity index (χ3n) is 4.43. The number of nitrogen functional groups attached to an aromatic ring is 1. The molecule has 0 spiro atoms. The third kappa shape index (κ3) is 4.72. The van der Waals surface area contributed by atoms with Crippen molar-refractivity contribution in [2.24, 2.45) is 11.7 Å². The minimum Gasteiger partial charge on any atom is -0.505 e. The first-order valence-corrected chi connectivity index (χ1v) is 11.1. The number of nitrogens with two attached hydrogens (primary N) is 1. The van der Waals surface area contributed by atoms with Crippen LogP contribution in [0.15, 0.2) is 45.9 Å². The lowest BCUT2D eigenvalue weighted by Crippen LogP contribution is -2.72. The molecular weight excluding hydrogens is 407 g/mol. The molecule has 0 aliphatic carbocycles. The Hall–Kier alpha value is -2.54. The fourth-order valence-corrected chi connectivity index (χ4v) is 3.91. The van der Waals surface area contributed by atoms with E-state index in [4.69, 9.17) is 5.73 Å². The molecule has 0 aliphatic heterocycles. The highest BCUT2D eigenvalue weighted by atomic mass is 32.1. The molecule has 0 aliphatic rings. The van der Waals surface area contributed by atoms with Gasteiger partial charge in [0.15, 0.2) is 11.3 Å². The Bertz CT molecular complexity index is 1080. The topological polar surface area (TPSA) is 115 Å². The SMILES string of the molecule is CC(C)CCn1nc(-c2ccsc2)c(O)c(C(N)=[NH+]c2ccccc2PO)c1=O. The zero-order valence-corrected chi connectivity index (χ0v) is 18.0. The Morgan fingerprint density at radius 1 is 1.34 bits per heavy atom. The first-order chi connectivity index (χ1) is 13.9. The van der Waals surface area contributed by atoms with E-state index in [1.165, 1.54) is 16.0 Å². The van der Waals surface area contributed by atoms with Crippen LogP contribution in [0.4, 0.5) is 5.69 Å². The van der Waals surface area contributed by atoms with E-state index in [0.29, 0.717) is 29.1 Å². The van der Waals surface area contributed by atoms with Crippen LogP contribution in [-0.2, 0) is 6.54 Å². The number of hydrogen-bond donors (Lipinski definition) is 4. The van der Waals surface area contributed by atoms with E-state index < -0.39 is 14.4 Å². The van der Waals surface area contributed by atoms with Crippen molar-refractivity contribution < 1.29 is 15.0 Å². The lowest BCUT2D eigenvalue weighted by Gasteiger charge is -2.12. The van der Waals surface area contributed by atoms with Gasteiger partial charge in [-0.15, -0.1) is 0 Å². The third-order valence-corrected chi connectivity index (χ3v) is 5.79. The van der Waals surface area contributed by atoms with Gasteiger partial charge >= 0.3 is 0 Å². The van der Waals surface area contributed by atoms with Crippen molar-refractivity contribution in [2.75, 3.05) is 0 Å². The van der Waals surface area contributed by atoms with Crippen LogP contribution in [0.25, 0.3) is 11.3 Å². The zero-order valence-electron chi connectivity index (χ0n) is 16.2. The van der Waals surface area contributed by atoms with Crippen LogP contribution in [0, 0.1) is 5.92 Å². The molecule has 1 unspecified atom stereocenters. The van der Waals surface area contributed by atoms with Crippen LogP contribution >= 0.6 is 20.1 Å². The predicted octanol–water partition coefficient (Wildman–Crippen LogP) is 1.05. The maximum Gasteiger partial charge on any atom is 0.287 e. The van der Waals surface area contributed by atoms with E-state index in [0.717, 1.165) is 12.0 Å². The summed E-state index contributed by atoms with van der Waals surface area (Å²) in [4.78, 5) is 25.6. The maximum atomic E-state index is 13.1. The second-order valence-electron chi connectivity index (χ2n) is 6.99. The summed E-state index contributed by atoms with van der Waals surface area (Å²) in [6.45, 7) is 4.56. The standard InChI is InChI=1S/C20H23N4O3PS/c1-12(2)7-9-24-20(26)16(18(25)17(23-24)13-8-10-29-11-13)19(21)22-14-5-3-4-6-15(14)28-27/h3-6,8,10-12,25,27-28H,7,9H2,1-2H3,(H2,21,22)/p+1. The smallest absolute Gasteiger partial charge is 0.287 e. The van der Waals surface area contributed by atoms with Crippen LogP contribution in [0.5, 0.6) is 5.75 Å². The average molecular weight is 431 g/mol.